The summed E-state index contributed by atoms with van der Waals surface area (Å²) < 4.78 is 0. The maximum Gasteiger partial charge on any atom is 0.300 e. The number of carbonyl (C=O) groups is 3. The van der Waals surface area contributed by atoms with Gasteiger partial charge < -0.3 is 35.7 Å². The van der Waals surface area contributed by atoms with E-state index in [0.29, 0.717) is 0 Å². The monoisotopic (exact) mass is 454 g/mol. The predicted octanol–water partition coefficient (Wildman–Crippen LogP) is -0.496. The predicted molar refractivity (Wildman–Crippen MR) is 115 cm³/mol. The van der Waals surface area contributed by atoms with E-state index in [1.807, 2.05) is 36.4 Å². The first-order chi connectivity index (χ1) is 15.1. The summed E-state index contributed by atoms with van der Waals surface area (Å²) in [5.74, 6) is -0.833. The van der Waals surface area contributed by atoms with Crippen molar-refractivity contribution in [1.82, 2.24) is 0 Å². The first-order valence-electron chi connectivity index (χ1n) is 9.28. The summed E-state index contributed by atoms with van der Waals surface area (Å²) in [6, 6.07) is 18.2. The topological polar surface area (TPSA) is 193 Å². The van der Waals surface area contributed by atoms with E-state index in [2.05, 4.69) is 0 Å². The molecule has 178 valence electrons. The zero-order valence-electron chi connectivity index (χ0n) is 17.5. The van der Waals surface area contributed by atoms with Crippen LogP contribution in [-0.4, -0.2) is 91.9 Å². The van der Waals surface area contributed by atoms with Gasteiger partial charge in [0.2, 0.25) is 0 Å². The summed E-state index contributed by atoms with van der Waals surface area (Å²) >= 11 is 0. The van der Waals surface area contributed by atoms with Gasteiger partial charge in [0.15, 0.2) is 0 Å². The standard InChI is InChI=1S/2C7H6O.C6H14O6.C2H4O2/c2*8-6-7-4-2-1-3-5-7;7-1-3(9)5(11)6(12)4(10)2-8;1-2(3)4/h2*1-6H;3-12H,1-2H2;1H3,(H,3,4)/t;;3-,4+,5-,6-;/m..1./s1. The van der Waals surface area contributed by atoms with E-state index in [0.717, 1.165) is 30.6 Å². The van der Waals surface area contributed by atoms with Gasteiger partial charge in [0.05, 0.1) is 13.2 Å². The van der Waals surface area contributed by atoms with Crippen LogP contribution in [0.2, 0.25) is 0 Å². The highest BCUT2D eigenvalue weighted by Gasteiger charge is 2.29. The summed E-state index contributed by atoms with van der Waals surface area (Å²) in [6.45, 7) is -0.368. The Labute approximate surface area is 185 Å². The number of aliphatic hydroxyl groups excluding tert-OH is 6. The number of hydrogen-bond donors (Lipinski definition) is 7. The van der Waals surface area contributed by atoms with Crippen LogP contribution < -0.4 is 0 Å². The number of aliphatic carboxylic acids is 1. The third-order valence-corrected chi connectivity index (χ3v) is 3.38. The Hall–Kier alpha value is -2.99. The Kier molecular flexibility index (Phi) is 19.4. The van der Waals surface area contributed by atoms with Crippen LogP contribution in [0, 0.1) is 0 Å². The molecule has 0 fully saturated rings. The highest BCUT2D eigenvalue weighted by atomic mass is 16.4. The van der Waals surface area contributed by atoms with Crippen molar-refractivity contribution in [1.29, 1.82) is 0 Å². The van der Waals surface area contributed by atoms with Gasteiger partial charge in [0.25, 0.3) is 5.97 Å². The molecule has 0 bridgehead atoms. The van der Waals surface area contributed by atoms with Gasteiger partial charge in [-0.1, -0.05) is 60.7 Å². The molecule has 0 saturated heterocycles. The van der Waals surface area contributed by atoms with Gasteiger partial charge >= 0.3 is 0 Å². The van der Waals surface area contributed by atoms with Crippen LogP contribution in [0.4, 0.5) is 0 Å². The van der Waals surface area contributed by atoms with E-state index in [4.69, 9.17) is 40.5 Å². The molecule has 0 heterocycles. The fourth-order valence-electron chi connectivity index (χ4n) is 1.73. The molecule has 10 nitrogen and oxygen atoms in total. The van der Waals surface area contributed by atoms with E-state index >= 15 is 0 Å². The molecule has 0 aliphatic rings. The van der Waals surface area contributed by atoms with Gasteiger partial charge in [0.1, 0.15) is 37.0 Å². The Bertz CT molecular complexity index is 663. The summed E-state index contributed by atoms with van der Waals surface area (Å²) in [5, 5.41) is 59.6. The minimum Gasteiger partial charge on any atom is -0.481 e. The molecule has 4 atom stereocenters. The normalized spacial score (nSPS) is 13.1. The van der Waals surface area contributed by atoms with Crippen molar-refractivity contribution in [2.24, 2.45) is 0 Å². The Morgan fingerprint density at radius 3 is 1.12 bits per heavy atom. The van der Waals surface area contributed by atoms with Crippen LogP contribution in [0.15, 0.2) is 60.7 Å². The molecule has 2 aromatic rings. The SMILES string of the molecule is CC(=O)O.O=Cc1ccccc1.O=Cc1ccccc1.OC[C@@H](O)[C@@H](O)[C@H](O)[C@@H](O)CO. The molecule has 0 aromatic heterocycles. The van der Waals surface area contributed by atoms with Crippen LogP contribution in [0.1, 0.15) is 27.6 Å². The number of rotatable bonds is 7. The minimum absolute atomic E-state index is 0.726. The van der Waals surface area contributed by atoms with Gasteiger partial charge in [-0.3, -0.25) is 14.4 Å². The van der Waals surface area contributed by atoms with Gasteiger partial charge in [-0.15, -0.1) is 0 Å². The molecule has 0 aliphatic carbocycles. The van der Waals surface area contributed by atoms with Crippen LogP contribution in [0.3, 0.4) is 0 Å². The largest absolute Gasteiger partial charge is 0.481 e. The number of aliphatic hydroxyl groups is 6. The molecule has 0 radical (unpaired) electrons. The molecule has 10 heteroatoms. The first kappa shape index (κ1) is 31.2. The third-order valence-electron chi connectivity index (χ3n) is 3.38. The minimum atomic E-state index is -1.67. The number of carbonyl (C=O) groups excluding carboxylic acids is 2. The fourth-order valence-corrected chi connectivity index (χ4v) is 1.73. The van der Waals surface area contributed by atoms with Crippen molar-refractivity contribution in [2.45, 2.75) is 31.3 Å². The van der Waals surface area contributed by atoms with Crippen LogP contribution in [-0.2, 0) is 4.79 Å². The van der Waals surface area contributed by atoms with Gasteiger partial charge in [0, 0.05) is 18.1 Å². The summed E-state index contributed by atoms with van der Waals surface area (Å²) in [7, 11) is 0. The van der Waals surface area contributed by atoms with Crippen molar-refractivity contribution in [3.8, 4) is 0 Å². The smallest absolute Gasteiger partial charge is 0.300 e. The van der Waals surface area contributed by atoms with Crippen LogP contribution in [0.5, 0.6) is 0 Å². The number of carboxylic acids is 1. The fraction of sp³-hybridized carbons (Fsp3) is 0.318. The highest BCUT2D eigenvalue weighted by Crippen LogP contribution is 2.04. The maximum atomic E-state index is 10.0. The second kappa shape index (κ2) is 19.9. The van der Waals surface area contributed by atoms with Gasteiger partial charge in [-0.25, -0.2) is 0 Å². The zero-order chi connectivity index (χ0) is 24.9. The zero-order valence-corrected chi connectivity index (χ0v) is 17.5. The van der Waals surface area contributed by atoms with Gasteiger partial charge in [-0.2, -0.15) is 0 Å². The molecule has 2 rings (SSSR count). The average Bonchev–Trinajstić information content (AvgIpc) is 2.83. The summed E-state index contributed by atoms with van der Waals surface area (Å²) in [4.78, 5) is 29.0. The van der Waals surface area contributed by atoms with E-state index in [-0.39, 0.29) is 0 Å². The summed E-state index contributed by atoms with van der Waals surface area (Å²) in [6.07, 6.45) is -4.73. The number of aldehydes is 2. The van der Waals surface area contributed by atoms with Gasteiger partial charge in [-0.05, 0) is 0 Å². The third kappa shape index (κ3) is 16.8. The van der Waals surface area contributed by atoms with Crippen molar-refractivity contribution in [3.63, 3.8) is 0 Å². The van der Waals surface area contributed by atoms with E-state index in [9.17, 15) is 9.59 Å². The molecular weight excluding hydrogens is 424 g/mol. The molecule has 0 saturated carbocycles. The van der Waals surface area contributed by atoms with Crippen molar-refractivity contribution in [3.05, 3.63) is 71.8 Å². The highest BCUT2D eigenvalue weighted by molar-refractivity contribution is 5.74. The van der Waals surface area contributed by atoms with Crippen LogP contribution in [0.25, 0.3) is 0 Å². The van der Waals surface area contributed by atoms with Crippen molar-refractivity contribution >= 4 is 18.5 Å². The van der Waals surface area contributed by atoms with E-state index < -0.39 is 43.6 Å². The van der Waals surface area contributed by atoms with E-state index in [1.165, 1.54) is 0 Å². The molecule has 0 amide bonds. The molecule has 2 aromatic carbocycles. The summed E-state index contributed by atoms with van der Waals surface area (Å²) in [5.41, 5.74) is 1.46. The Balaban J connectivity index is 0. The lowest BCUT2D eigenvalue weighted by atomic mass is 10.0. The number of benzene rings is 2. The molecular formula is C22H30O10. The van der Waals surface area contributed by atoms with Crippen LogP contribution >= 0.6 is 0 Å². The molecule has 0 unspecified atom stereocenters. The molecule has 7 N–H and O–H groups in total. The lowest BCUT2D eigenvalue weighted by Crippen LogP contribution is -2.46. The number of carboxylic acid groups (broad SMARTS) is 1. The first-order valence-corrected chi connectivity index (χ1v) is 9.28. The molecule has 0 aliphatic heterocycles. The quantitative estimate of drug-likeness (QED) is 0.268. The average molecular weight is 454 g/mol. The lowest BCUT2D eigenvalue weighted by molar-refractivity contribution is -0.134. The van der Waals surface area contributed by atoms with Crippen molar-refractivity contribution < 1.29 is 50.1 Å². The molecule has 0 spiro atoms. The molecule has 32 heavy (non-hydrogen) atoms. The maximum absolute atomic E-state index is 10.0. The Morgan fingerprint density at radius 1 is 0.719 bits per heavy atom. The second-order valence-corrected chi connectivity index (χ2v) is 6.06. The second-order valence-electron chi connectivity index (χ2n) is 6.06. The number of hydrogen-bond acceptors (Lipinski definition) is 9. The lowest BCUT2D eigenvalue weighted by Gasteiger charge is -2.24. The van der Waals surface area contributed by atoms with Crippen molar-refractivity contribution in [2.75, 3.05) is 13.2 Å². The Morgan fingerprint density at radius 2 is 0.969 bits per heavy atom. The van der Waals surface area contributed by atoms with E-state index in [1.54, 1.807) is 24.3 Å².